The molecule has 0 unspecified atom stereocenters. The number of piperidine rings is 1. The number of carboxylic acid groups (broad SMARTS) is 1. The van der Waals surface area contributed by atoms with Gasteiger partial charge < -0.3 is 14.9 Å². The number of alkyl halides is 3. The molecule has 5 rings (SSSR count). The number of carbonyl (C=O) groups is 2. The molecule has 1 N–H and O–H groups in total. The fourth-order valence-corrected chi connectivity index (χ4v) is 5.67. The lowest BCUT2D eigenvalue weighted by Gasteiger charge is -2.33. The van der Waals surface area contributed by atoms with Crippen molar-refractivity contribution in [2.24, 2.45) is 0 Å². The number of amides is 2. The maximum atomic E-state index is 13.9. The van der Waals surface area contributed by atoms with E-state index in [1.165, 1.54) is 11.6 Å². The fourth-order valence-electron chi connectivity index (χ4n) is 5.51. The Balaban J connectivity index is 1.49. The molecule has 2 aromatic carbocycles. The minimum atomic E-state index is -4.97. The third kappa shape index (κ3) is 5.94. The number of urea groups is 1. The summed E-state index contributed by atoms with van der Waals surface area (Å²) in [4.78, 5) is 31.7. The Bertz CT molecular complexity index is 1680. The van der Waals surface area contributed by atoms with Gasteiger partial charge in [-0.2, -0.15) is 18.3 Å². The number of halogens is 4. The van der Waals surface area contributed by atoms with Gasteiger partial charge in [0.05, 0.1) is 11.9 Å². The summed E-state index contributed by atoms with van der Waals surface area (Å²) in [6.07, 6.45) is -2.59. The van der Waals surface area contributed by atoms with Crippen molar-refractivity contribution < 1.29 is 27.9 Å². The Morgan fingerprint density at radius 3 is 2.30 bits per heavy atom. The lowest BCUT2D eigenvalue weighted by molar-refractivity contribution is -0.143. The van der Waals surface area contributed by atoms with E-state index in [0.717, 1.165) is 24.0 Å². The summed E-state index contributed by atoms with van der Waals surface area (Å²) in [6, 6.07) is 16.3. The van der Waals surface area contributed by atoms with E-state index in [4.69, 9.17) is 11.6 Å². The lowest BCUT2D eigenvalue weighted by Crippen LogP contribution is -2.43. The van der Waals surface area contributed by atoms with E-state index in [-0.39, 0.29) is 11.8 Å². The van der Waals surface area contributed by atoms with Crippen LogP contribution in [0.15, 0.2) is 60.8 Å². The number of benzene rings is 2. The third-order valence-corrected chi connectivity index (χ3v) is 8.13. The van der Waals surface area contributed by atoms with E-state index >= 15 is 0 Å². The van der Waals surface area contributed by atoms with Crippen LogP contribution in [0.5, 0.6) is 0 Å². The predicted molar refractivity (Wildman–Crippen MR) is 157 cm³/mol. The maximum Gasteiger partial charge on any atom is 0.434 e. The van der Waals surface area contributed by atoms with Gasteiger partial charge in [0.15, 0.2) is 11.5 Å². The number of rotatable bonds is 5. The van der Waals surface area contributed by atoms with Gasteiger partial charge in [0.25, 0.3) is 0 Å². The molecule has 3 heterocycles. The van der Waals surface area contributed by atoms with Crippen molar-refractivity contribution in [2.75, 3.05) is 27.2 Å². The molecule has 1 fully saturated rings. The van der Waals surface area contributed by atoms with Gasteiger partial charge in [-0.05, 0) is 66.1 Å². The summed E-state index contributed by atoms with van der Waals surface area (Å²) in [5.74, 6) is -1.60. The van der Waals surface area contributed by atoms with Crippen molar-refractivity contribution in [3.05, 3.63) is 88.2 Å². The zero-order chi connectivity index (χ0) is 31.1. The van der Waals surface area contributed by atoms with Crippen LogP contribution in [0, 0.1) is 6.92 Å². The average Bonchev–Trinajstić information content (AvgIpc) is 3.45. The molecule has 8 nitrogen and oxygen atoms in total. The third-order valence-electron chi connectivity index (χ3n) is 7.72. The molecule has 0 aliphatic carbocycles. The molecule has 0 saturated carbocycles. The molecule has 2 aromatic heterocycles. The van der Waals surface area contributed by atoms with Gasteiger partial charge in [-0.15, -0.1) is 0 Å². The minimum Gasteiger partial charge on any atom is -0.478 e. The van der Waals surface area contributed by atoms with Gasteiger partial charge >= 0.3 is 18.2 Å². The van der Waals surface area contributed by atoms with Gasteiger partial charge in [0, 0.05) is 37.8 Å². The number of nitrogens with zero attached hydrogens (tertiary/aromatic N) is 5. The van der Waals surface area contributed by atoms with Gasteiger partial charge in [-0.1, -0.05) is 48.0 Å². The van der Waals surface area contributed by atoms with Crippen LogP contribution in [0.1, 0.15) is 45.9 Å². The number of carbonyl (C=O) groups excluding carboxylic acids is 1. The zero-order valence-corrected chi connectivity index (χ0v) is 24.4. The quantitative estimate of drug-likeness (QED) is 0.259. The number of aromatic nitrogens is 3. The van der Waals surface area contributed by atoms with Crippen molar-refractivity contribution in [2.45, 2.75) is 31.9 Å². The smallest absolute Gasteiger partial charge is 0.434 e. The molecule has 0 radical (unpaired) electrons. The van der Waals surface area contributed by atoms with Crippen molar-refractivity contribution in [3.8, 4) is 28.2 Å². The lowest BCUT2D eigenvalue weighted by atomic mass is 9.87. The Morgan fingerprint density at radius 1 is 1.02 bits per heavy atom. The molecule has 43 heavy (non-hydrogen) atoms. The number of carboxylic acids is 1. The van der Waals surface area contributed by atoms with Crippen molar-refractivity contribution in [1.82, 2.24) is 24.6 Å². The minimum absolute atomic E-state index is 0.0154. The number of pyridine rings is 1. The fraction of sp³-hybridized carbons (Fsp3) is 0.290. The molecule has 0 bridgehead atoms. The monoisotopic (exact) mass is 611 g/mol. The average molecular weight is 612 g/mol. The highest BCUT2D eigenvalue weighted by molar-refractivity contribution is 6.32. The summed E-state index contributed by atoms with van der Waals surface area (Å²) in [7, 11) is 3.50. The maximum absolute atomic E-state index is 13.9. The van der Waals surface area contributed by atoms with Gasteiger partial charge in [0.1, 0.15) is 5.56 Å². The van der Waals surface area contributed by atoms with E-state index in [1.54, 1.807) is 37.2 Å². The van der Waals surface area contributed by atoms with Crippen LogP contribution in [0.3, 0.4) is 0 Å². The SMILES string of the molecule is Cc1c(Cl)ccc(-c2ccc(C3CCN(C(=O)N(C)C)CC3)cc2)c1-c1cccc(-n2ncc(C(=O)O)c2C(F)(F)F)n1. The van der Waals surface area contributed by atoms with E-state index in [0.29, 0.717) is 51.7 Å². The van der Waals surface area contributed by atoms with E-state index < -0.39 is 23.4 Å². The van der Waals surface area contributed by atoms with Crippen LogP contribution in [-0.4, -0.2) is 68.9 Å². The Morgan fingerprint density at radius 2 is 1.70 bits per heavy atom. The second kappa shape index (κ2) is 11.7. The van der Waals surface area contributed by atoms with E-state index in [9.17, 15) is 27.9 Å². The standard InChI is InChI=1S/C31H29ClF3N5O3/c1-18-24(32)12-11-22(21-9-7-19(8-10-21)20-13-15-39(16-14-20)30(43)38(2)3)27(18)25-5-4-6-26(37-25)40-28(31(33,34)35)23(17-36-40)29(41)42/h4-12,17,20H,13-16H2,1-3H3,(H,41,42). The summed E-state index contributed by atoms with van der Waals surface area (Å²) in [6.45, 7) is 3.18. The topological polar surface area (TPSA) is 91.6 Å². The van der Waals surface area contributed by atoms with Crippen LogP contribution in [0.25, 0.3) is 28.2 Å². The summed E-state index contributed by atoms with van der Waals surface area (Å²) < 4.78 is 42.1. The Kier molecular flexibility index (Phi) is 8.20. The molecule has 1 saturated heterocycles. The molecule has 1 aliphatic rings. The number of hydrogen-bond acceptors (Lipinski definition) is 4. The van der Waals surface area contributed by atoms with Crippen LogP contribution >= 0.6 is 11.6 Å². The number of likely N-dealkylation sites (tertiary alicyclic amines) is 1. The molecule has 4 aromatic rings. The molecule has 1 aliphatic heterocycles. The van der Waals surface area contributed by atoms with Crippen LogP contribution in [0.2, 0.25) is 5.02 Å². The molecule has 224 valence electrons. The van der Waals surface area contributed by atoms with Crippen molar-refractivity contribution >= 4 is 23.6 Å². The van der Waals surface area contributed by atoms with Gasteiger partial charge in [-0.25, -0.2) is 19.3 Å². The second-order valence-corrected chi connectivity index (χ2v) is 11.1. The van der Waals surface area contributed by atoms with Crippen molar-refractivity contribution in [1.29, 1.82) is 0 Å². The van der Waals surface area contributed by atoms with Gasteiger partial charge in [-0.3, -0.25) is 0 Å². The molecular formula is C31H29ClF3N5O3. The Hall–Kier alpha value is -4.38. The summed E-state index contributed by atoms with van der Waals surface area (Å²) in [5.41, 5.74) is 2.12. The Labute approximate surface area is 251 Å². The summed E-state index contributed by atoms with van der Waals surface area (Å²) in [5, 5.41) is 13.5. The zero-order valence-electron chi connectivity index (χ0n) is 23.7. The molecule has 12 heteroatoms. The normalized spacial score (nSPS) is 14.2. The molecule has 0 spiro atoms. The first-order valence-electron chi connectivity index (χ1n) is 13.6. The first kappa shape index (κ1) is 30.1. The molecular weight excluding hydrogens is 583 g/mol. The predicted octanol–water partition coefficient (Wildman–Crippen LogP) is 7.14. The highest BCUT2D eigenvalue weighted by Crippen LogP contribution is 2.39. The second-order valence-electron chi connectivity index (χ2n) is 10.7. The number of aromatic carboxylic acids is 1. The number of hydrogen-bond donors (Lipinski definition) is 1. The molecule has 2 amide bonds. The van der Waals surface area contributed by atoms with E-state index in [1.807, 2.05) is 30.0 Å². The highest BCUT2D eigenvalue weighted by atomic mass is 35.5. The van der Waals surface area contributed by atoms with E-state index in [2.05, 4.69) is 22.2 Å². The molecule has 0 atom stereocenters. The largest absolute Gasteiger partial charge is 0.478 e. The van der Waals surface area contributed by atoms with Gasteiger partial charge in [0.2, 0.25) is 0 Å². The van der Waals surface area contributed by atoms with Crippen LogP contribution in [0.4, 0.5) is 18.0 Å². The first-order chi connectivity index (χ1) is 20.4. The highest BCUT2D eigenvalue weighted by Gasteiger charge is 2.41. The first-order valence-corrected chi connectivity index (χ1v) is 14.0. The summed E-state index contributed by atoms with van der Waals surface area (Å²) >= 11 is 6.49. The van der Waals surface area contributed by atoms with Crippen LogP contribution < -0.4 is 0 Å². The van der Waals surface area contributed by atoms with Crippen LogP contribution in [-0.2, 0) is 6.18 Å². The van der Waals surface area contributed by atoms with Crippen molar-refractivity contribution in [3.63, 3.8) is 0 Å².